The quantitative estimate of drug-likeness (QED) is 0.844. The van der Waals surface area contributed by atoms with Crippen molar-refractivity contribution < 1.29 is 0 Å². The Morgan fingerprint density at radius 2 is 2.17 bits per heavy atom. The minimum atomic E-state index is -0.395. The van der Waals surface area contributed by atoms with Crippen LogP contribution in [0.3, 0.4) is 0 Å². The van der Waals surface area contributed by atoms with Crippen molar-refractivity contribution in [1.82, 2.24) is 0 Å². The standard InChI is InChI=1S/C16H20N2/c1-3-18-15-12-8-7-11-14(15)16(2,17)13-9-5-4-6-10-13/h3-9,11-13,18H,1,10,17H2,2H3. The van der Waals surface area contributed by atoms with Gasteiger partial charge in [-0.15, -0.1) is 0 Å². The van der Waals surface area contributed by atoms with Crippen LogP contribution >= 0.6 is 0 Å². The molecule has 0 bridgehead atoms. The fourth-order valence-electron chi connectivity index (χ4n) is 2.41. The van der Waals surface area contributed by atoms with Crippen molar-refractivity contribution in [3.05, 3.63) is 66.9 Å². The number of rotatable bonds is 4. The number of allylic oxidation sites excluding steroid dienone is 3. The zero-order chi connectivity index (χ0) is 13.0. The van der Waals surface area contributed by atoms with Crippen LogP contribution in [-0.2, 0) is 5.54 Å². The van der Waals surface area contributed by atoms with Crippen LogP contribution in [0, 0.1) is 5.92 Å². The molecule has 1 aliphatic rings. The van der Waals surface area contributed by atoms with E-state index in [0.717, 1.165) is 17.7 Å². The molecule has 1 aliphatic carbocycles. The summed E-state index contributed by atoms with van der Waals surface area (Å²) in [6, 6.07) is 8.14. The molecule has 0 heterocycles. The van der Waals surface area contributed by atoms with Crippen LogP contribution in [0.2, 0.25) is 0 Å². The highest BCUT2D eigenvalue weighted by Crippen LogP contribution is 2.35. The van der Waals surface area contributed by atoms with Crippen molar-refractivity contribution in [2.24, 2.45) is 11.7 Å². The molecule has 0 radical (unpaired) electrons. The van der Waals surface area contributed by atoms with Gasteiger partial charge in [0, 0.05) is 17.1 Å². The number of benzene rings is 1. The molecule has 0 aliphatic heterocycles. The molecule has 1 aromatic rings. The largest absolute Gasteiger partial charge is 0.362 e. The van der Waals surface area contributed by atoms with Gasteiger partial charge in [-0.3, -0.25) is 0 Å². The lowest BCUT2D eigenvalue weighted by Gasteiger charge is -2.34. The number of nitrogens with two attached hydrogens (primary N) is 1. The summed E-state index contributed by atoms with van der Waals surface area (Å²) in [4.78, 5) is 0. The van der Waals surface area contributed by atoms with Gasteiger partial charge in [-0.2, -0.15) is 0 Å². The van der Waals surface area contributed by atoms with Crippen LogP contribution < -0.4 is 11.1 Å². The topological polar surface area (TPSA) is 38.0 Å². The fraction of sp³-hybridized carbons (Fsp3) is 0.250. The van der Waals surface area contributed by atoms with E-state index in [4.69, 9.17) is 5.73 Å². The highest BCUT2D eigenvalue weighted by molar-refractivity contribution is 5.56. The average Bonchev–Trinajstić information content (AvgIpc) is 2.41. The Kier molecular flexibility index (Phi) is 3.68. The molecule has 0 amide bonds. The van der Waals surface area contributed by atoms with E-state index in [-0.39, 0.29) is 0 Å². The molecule has 0 saturated carbocycles. The van der Waals surface area contributed by atoms with Gasteiger partial charge in [0.2, 0.25) is 0 Å². The summed E-state index contributed by atoms with van der Waals surface area (Å²) in [5, 5.41) is 3.16. The fourth-order valence-corrected chi connectivity index (χ4v) is 2.41. The van der Waals surface area contributed by atoms with Gasteiger partial charge >= 0.3 is 0 Å². The van der Waals surface area contributed by atoms with E-state index in [0.29, 0.717) is 5.92 Å². The number of para-hydroxylation sites is 1. The van der Waals surface area contributed by atoms with E-state index < -0.39 is 5.54 Å². The minimum Gasteiger partial charge on any atom is -0.362 e. The zero-order valence-electron chi connectivity index (χ0n) is 10.8. The maximum absolute atomic E-state index is 6.58. The van der Waals surface area contributed by atoms with Crippen LogP contribution in [0.25, 0.3) is 0 Å². The van der Waals surface area contributed by atoms with Crippen molar-refractivity contribution in [3.8, 4) is 0 Å². The molecule has 2 unspecified atom stereocenters. The first-order valence-corrected chi connectivity index (χ1v) is 6.25. The predicted octanol–water partition coefficient (Wildman–Crippen LogP) is 3.55. The Hall–Kier alpha value is -1.80. The van der Waals surface area contributed by atoms with E-state index >= 15 is 0 Å². The molecule has 94 valence electrons. The van der Waals surface area contributed by atoms with Gasteiger partial charge in [-0.25, -0.2) is 0 Å². The highest BCUT2D eigenvalue weighted by atomic mass is 14.9. The van der Waals surface area contributed by atoms with Gasteiger partial charge in [-0.1, -0.05) is 49.1 Å². The molecule has 2 nitrogen and oxygen atoms in total. The Balaban J connectivity index is 2.36. The third-order valence-electron chi connectivity index (χ3n) is 3.52. The average molecular weight is 240 g/mol. The first-order valence-electron chi connectivity index (χ1n) is 6.25. The molecule has 2 rings (SSSR count). The maximum Gasteiger partial charge on any atom is 0.0468 e. The Morgan fingerprint density at radius 1 is 1.39 bits per heavy atom. The van der Waals surface area contributed by atoms with Crippen molar-refractivity contribution in [1.29, 1.82) is 0 Å². The molecule has 2 heteroatoms. The monoisotopic (exact) mass is 240 g/mol. The predicted molar refractivity (Wildman–Crippen MR) is 78.2 cm³/mol. The summed E-state index contributed by atoms with van der Waals surface area (Å²) in [6.45, 7) is 5.80. The Bertz CT molecular complexity index is 484. The normalized spacial score (nSPS) is 21.3. The third kappa shape index (κ3) is 2.39. The summed E-state index contributed by atoms with van der Waals surface area (Å²) in [5.41, 5.74) is 8.34. The molecule has 2 atom stereocenters. The second-order valence-electron chi connectivity index (χ2n) is 4.83. The van der Waals surface area contributed by atoms with E-state index in [1.165, 1.54) is 0 Å². The van der Waals surface area contributed by atoms with Gasteiger partial charge in [0.25, 0.3) is 0 Å². The lowest BCUT2D eigenvalue weighted by molar-refractivity contribution is 0.362. The van der Waals surface area contributed by atoms with Crippen molar-refractivity contribution in [3.63, 3.8) is 0 Å². The minimum absolute atomic E-state index is 0.315. The van der Waals surface area contributed by atoms with Gasteiger partial charge in [-0.05, 0) is 31.2 Å². The molecule has 3 N–H and O–H groups in total. The lowest BCUT2D eigenvalue weighted by atomic mass is 9.76. The maximum atomic E-state index is 6.58. The summed E-state index contributed by atoms with van der Waals surface area (Å²) in [6.07, 6.45) is 11.2. The Morgan fingerprint density at radius 3 is 2.83 bits per heavy atom. The zero-order valence-corrected chi connectivity index (χ0v) is 10.8. The molecular weight excluding hydrogens is 220 g/mol. The number of nitrogens with one attached hydrogen (secondary N) is 1. The van der Waals surface area contributed by atoms with E-state index in [2.05, 4.69) is 49.2 Å². The van der Waals surface area contributed by atoms with Crippen molar-refractivity contribution >= 4 is 5.69 Å². The molecule has 1 aromatic carbocycles. The summed E-state index contributed by atoms with van der Waals surface area (Å²) in [7, 11) is 0. The summed E-state index contributed by atoms with van der Waals surface area (Å²) < 4.78 is 0. The van der Waals surface area contributed by atoms with Crippen LogP contribution in [0.15, 0.2) is 61.3 Å². The summed E-state index contributed by atoms with van der Waals surface area (Å²) in [5.74, 6) is 0.315. The van der Waals surface area contributed by atoms with Crippen LogP contribution in [0.5, 0.6) is 0 Å². The second-order valence-corrected chi connectivity index (χ2v) is 4.83. The lowest BCUT2D eigenvalue weighted by Crippen LogP contribution is -2.41. The van der Waals surface area contributed by atoms with Crippen molar-refractivity contribution in [2.75, 3.05) is 5.32 Å². The second kappa shape index (κ2) is 5.23. The summed E-state index contributed by atoms with van der Waals surface area (Å²) >= 11 is 0. The first kappa shape index (κ1) is 12.7. The molecule has 0 aromatic heterocycles. The third-order valence-corrected chi connectivity index (χ3v) is 3.52. The smallest absolute Gasteiger partial charge is 0.0468 e. The van der Waals surface area contributed by atoms with Gasteiger partial charge in [0.1, 0.15) is 0 Å². The molecule has 0 fully saturated rings. The van der Waals surface area contributed by atoms with Crippen LogP contribution in [0.4, 0.5) is 5.69 Å². The number of hydrogen-bond acceptors (Lipinski definition) is 2. The number of hydrogen-bond donors (Lipinski definition) is 2. The van der Waals surface area contributed by atoms with E-state index in [9.17, 15) is 0 Å². The molecular formula is C16H20N2. The highest BCUT2D eigenvalue weighted by Gasteiger charge is 2.31. The van der Waals surface area contributed by atoms with E-state index in [1.807, 2.05) is 18.2 Å². The first-order chi connectivity index (χ1) is 8.66. The SMILES string of the molecule is C=CNc1ccccc1C(C)(N)C1C=CC=CC1. The Labute approximate surface area is 109 Å². The number of anilines is 1. The molecule has 18 heavy (non-hydrogen) atoms. The molecule has 0 spiro atoms. The van der Waals surface area contributed by atoms with Crippen LogP contribution in [-0.4, -0.2) is 0 Å². The van der Waals surface area contributed by atoms with Crippen molar-refractivity contribution in [2.45, 2.75) is 18.9 Å². The van der Waals surface area contributed by atoms with Gasteiger partial charge in [0.05, 0.1) is 0 Å². The molecule has 0 saturated heterocycles. The van der Waals surface area contributed by atoms with Gasteiger partial charge in [0.15, 0.2) is 0 Å². The van der Waals surface area contributed by atoms with Crippen LogP contribution in [0.1, 0.15) is 18.9 Å². The van der Waals surface area contributed by atoms with Gasteiger partial charge < -0.3 is 11.1 Å². The van der Waals surface area contributed by atoms with E-state index in [1.54, 1.807) is 6.20 Å².